The van der Waals surface area contributed by atoms with E-state index < -0.39 is 5.91 Å². The summed E-state index contributed by atoms with van der Waals surface area (Å²) in [5.74, 6) is -0.873. The van der Waals surface area contributed by atoms with Crippen LogP contribution in [0.1, 0.15) is 17.2 Å². The second kappa shape index (κ2) is 6.79. The van der Waals surface area contributed by atoms with Gasteiger partial charge in [-0.3, -0.25) is 9.63 Å². The van der Waals surface area contributed by atoms with E-state index in [9.17, 15) is 9.18 Å². The normalized spacial score (nSPS) is 12.1. The second-order valence-electron chi connectivity index (χ2n) is 4.27. The molecule has 0 radical (unpaired) electrons. The van der Waals surface area contributed by atoms with Crippen LogP contribution in [0.5, 0.6) is 0 Å². The summed E-state index contributed by atoms with van der Waals surface area (Å²) in [6, 6.07) is 15.3. The number of carbonyl (C=O) groups is 1. The summed E-state index contributed by atoms with van der Waals surface area (Å²) in [5, 5.41) is 0. The predicted molar refractivity (Wildman–Crippen MR) is 73.0 cm³/mol. The Labute approximate surface area is 116 Å². The molecule has 0 saturated carbocycles. The van der Waals surface area contributed by atoms with Crippen LogP contribution >= 0.6 is 0 Å². The van der Waals surface area contributed by atoms with Gasteiger partial charge in [-0.15, -0.1) is 0 Å². The van der Waals surface area contributed by atoms with Crippen molar-refractivity contribution >= 4 is 5.91 Å². The van der Waals surface area contributed by atoms with Crippen molar-refractivity contribution in [1.29, 1.82) is 0 Å². The van der Waals surface area contributed by atoms with E-state index in [1.807, 2.05) is 30.3 Å². The van der Waals surface area contributed by atoms with Gasteiger partial charge in [-0.05, 0) is 23.3 Å². The molecular weight excluding hydrogens is 259 g/mol. The third-order valence-corrected chi connectivity index (χ3v) is 2.75. The van der Waals surface area contributed by atoms with Crippen molar-refractivity contribution in [3.8, 4) is 0 Å². The highest BCUT2D eigenvalue weighted by atomic mass is 19.1. The van der Waals surface area contributed by atoms with Gasteiger partial charge in [0.1, 0.15) is 12.4 Å². The molecule has 0 fully saturated rings. The van der Waals surface area contributed by atoms with Crippen LogP contribution in [0.4, 0.5) is 4.39 Å². The molecule has 0 aliphatic rings. The van der Waals surface area contributed by atoms with Crippen LogP contribution in [-0.2, 0) is 9.63 Å². The number of hydroxylamine groups is 1. The number of benzene rings is 2. The van der Waals surface area contributed by atoms with Crippen LogP contribution in [-0.4, -0.2) is 12.5 Å². The minimum atomic E-state index is -0.566. The molecule has 104 valence electrons. The highest BCUT2D eigenvalue weighted by Crippen LogP contribution is 2.22. The maximum absolute atomic E-state index is 13.0. The van der Waals surface area contributed by atoms with Gasteiger partial charge in [0.25, 0.3) is 0 Å². The monoisotopic (exact) mass is 274 g/mol. The topological polar surface area (TPSA) is 64.4 Å². The number of hydrogen-bond acceptors (Lipinski definition) is 3. The summed E-state index contributed by atoms with van der Waals surface area (Å²) in [6.07, 6.45) is 0. The molecule has 2 rings (SSSR count). The number of hydrogen-bond donors (Lipinski definition) is 2. The Hall–Kier alpha value is -2.24. The van der Waals surface area contributed by atoms with E-state index in [1.54, 1.807) is 12.1 Å². The van der Waals surface area contributed by atoms with Crippen LogP contribution in [0, 0.1) is 5.82 Å². The molecule has 1 amide bonds. The Morgan fingerprint density at radius 2 is 1.70 bits per heavy atom. The minimum Gasteiger partial charge on any atom is -0.368 e. The van der Waals surface area contributed by atoms with E-state index in [2.05, 4.69) is 5.48 Å². The van der Waals surface area contributed by atoms with E-state index in [-0.39, 0.29) is 18.5 Å². The maximum Gasteiger partial charge on any atom is 0.245 e. The van der Waals surface area contributed by atoms with Crippen molar-refractivity contribution in [2.45, 2.75) is 6.04 Å². The van der Waals surface area contributed by atoms with Crippen LogP contribution in [0.25, 0.3) is 0 Å². The molecule has 0 bridgehead atoms. The van der Waals surface area contributed by atoms with Crippen LogP contribution in [0.3, 0.4) is 0 Å². The molecule has 4 nitrogen and oxygen atoms in total. The zero-order valence-electron chi connectivity index (χ0n) is 10.8. The molecule has 2 aromatic carbocycles. The van der Waals surface area contributed by atoms with Crippen molar-refractivity contribution in [2.24, 2.45) is 5.73 Å². The molecule has 5 heteroatoms. The van der Waals surface area contributed by atoms with E-state index in [0.29, 0.717) is 0 Å². The van der Waals surface area contributed by atoms with Crippen molar-refractivity contribution in [3.63, 3.8) is 0 Å². The van der Waals surface area contributed by atoms with Gasteiger partial charge in [0, 0.05) is 0 Å². The zero-order valence-corrected chi connectivity index (χ0v) is 10.8. The fourth-order valence-corrected chi connectivity index (χ4v) is 1.83. The van der Waals surface area contributed by atoms with E-state index in [1.165, 1.54) is 12.1 Å². The summed E-state index contributed by atoms with van der Waals surface area (Å²) in [6.45, 7) is -0.232. The number of halogens is 1. The molecular formula is C15H15FN2O2. The van der Waals surface area contributed by atoms with E-state index in [4.69, 9.17) is 10.6 Å². The maximum atomic E-state index is 13.0. The van der Waals surface area contributed by atoms with Gasteiger partial charge in [-0.1, -0.05) is 42.5 Å². The molecule has 20 heavy (non-hydrogen) atoms. The number of carbonyl (C=O) groups excluding carboxylic acids is 1. The third kappa shape index (κ3) is 3.88. The van der Waals surface area contributed by atoms with E-state index in [0.717, 1.165) is 11.1 Å². The lowest BCUT2D eigenvalue weighted by atomic mass is 10.00. The molecule has 0 spiro atoms. The predicted octanol–water partition coefficient (Wildman–Crippen LogP) is 1.92. The highest BCUT2D eigenvalue weighted by Gasteiger charge is 2.14. The molecule has 0 aromatic heterocycles. The smallest absolute Gasteiger partial charge is 0.245 e. The number of rotatable bonds is 6. The van der Waals surface area contributed by atoms with Gasteiger partial charge >= 0.3 is 0 Å². The van der Waals surface area contributed by atoms with Crippen molar-refractivity contribution in [2.75, 3.05) is 6.61 Å². The Morgan fingerprint density at radius 1 is 1.10 bits per heavy atom. The summed E-state index contributed by atoms with van der Waals surface area (Å²) in [5.41, 5.74) is 9.56. The van der Waals surface area contributed by atoms with Crippen LogP contribution in [0.2, 0.25) is 0 Å². The molecule has 0 aliphatic heterocycles. The average molecular weight is 274 g/mol. The van der Waals surface area contributed by atoms with Gasteiger partial charge in [0.2, 0.25) is 5.91 Å². The van der Waals surface area contributed by atoms with Gasteiger partial charge in [-0.2, -0.15) is 5.48 Å². The lowest BCUT2D eigenvalue weighted by molar-refractivity contribution is -0.125. The van der Waals surface area contributed by atoms with E-state index >= 15 is 0 Å². The van der Waals surface area contributed by atoms with Crippen molar-refractivity contribution < 1.29 is 14.0 Å². The van der Waals surface area contributed by atoms with Gasteiger partial charge in [-0.25, -0.2) is 4.39 Å². The SMILES string of the molecule is NC(=O)CONC(c1ccccc1)c1ccc(F)cc1. The Morgan fingerprint density at radius 3 is 2.30 bits per heavy atom. The molecule has 0 heterocycles. The van der Waals surface area contributed by atoms with Gasteiger partial charge < -0.3 is 5.73 Å². The summed E-state index contributed by atoms with van der Waals surface area (Å²) in [4.78, 5) is 15.8. The van der Waals surface area contributed by atoms with Crippen LogP contribution < -0.4 is 11.2 Å². The number of nitrogens with one attached hydrogen (secondary N) is 1. The highest BCUT2D eigenvalue weighted by molar-refractivity contribution is 5.74. The minimum absolute atomic E-state index is 0.232. The molecule has 1 atom stereocenters. The fourth-order valence-electron chi connectivity index (χ4n) is 1.83. The molecule has 2 aromatic rings. The average Bonchev–Trinajstić information content (AvgIpc) is 2.46. The number of primary amides is 1. The molecule has 3 N–H and O–H groups in total. The Bertz CT molecular complexity index is 558. The first-order valence-corrected chi connectivity index (χ1v) is 6.13. The zero-order chi connectivity index (χ0) is 14.4. The summed E-state index contributed by atoms with van der Waals surface area (Å²) >= 11 is 0. The first-order chi connectivity index (χ1) is 9.66. The second-order valence-corrected chi connectivity index (χ2v) is 4.27. The number of amides is 1. The molecule has 1 unspecified atom stereocenters. The Kier molecular flexibility index (Phi) is 4.81. The quantitative estimate of drug-likeness (QED) is 0.791. The van der Waals surface area contributed by atoms with Crippen LogP contribution in [0.15, 0.2) is 54.6 Å². The van der Waals surface area contributed by atoms with Crippen molar-refractivity contribution in [3.05, 3.63) is 71.5 Å². The lowest BCUT2D eigenvalue weighted by Crippen LogP contribution is -2.28. The lowest BCUT2D eigenvalue weighted by Gasteiger charge is -2.19. The Balaban J connectivity index is 2.20. The third-order valence-electron chi connectivity index (χ3n) is 2.75. The van der Waals surface area contributed by atoms with Gasteiger partial charge in [0.15, 0.2) is 0 Å². The number of nitrogens with two attached hydrogens (primary N) is 1. The largest absolute Gasteiger partial charge is 0.368 e. The van der Waals surface area contributed by atoms with Gasteiger partial charge in [0.05, 0.1) is 6.04 Å². The summed E-state index contributed by atoms with van der Waals surface area (Å²) in [7, 11) is 0. The molecule has 0 aliphatic carbocycles. The van der Waals surface area contributed by atoms with Crippen molar-refractivity contribution in [1.82, 2.24) is 5.48 Å². The fraction of sp³-hybridized carbons (Fsp3) is 0.133. The standard InChI is InChI=1S/C15H15FN2O2/c16-13-8-6-12(7-9-13)15(18-20-10-14(17)19)11-4-2-1-3-5-11/h1-9,15,18H,10H2,(H2,17,19). The summed E-state index contributed by atoms with van der Waals surface area (Å²) < 4.78 is 13.0. The molecule has 0 saturated heterocycles. The first kappa shape index (κ1) is 14.2. The first-order valence-electron chi connectivity index (χ1n) is 6.13.